The van der Waals surface area contributed by atoms with Gasteiger partial charge in [0.2, 0.25) is 36.2 Å². The van der Waals surface area contributed by atoms with Crippen LogP contribution in [0.5, 0.6) is 0 Å². The third kappa shape index (κ3) is 11.1. The molecule has 0 bridgehead atoms. The normalized spacial score (nSPS) is 14.1. The predicted octanol–water partition coefficient (Wildman–Crippen LogP) is 4.08. The van der Waals surface area contributed by atoms with Gasteiger partial charge >= 0.3 is 7.87 Å². The summed E-state index contributed by atoms with van der Waals surface area (Å²) in [7, 11) is 36.8. The Balaban J connectivity index is 0. The molecule has 0 atom stereocenters. The number of hydrogen-bond acceptors (Lipinski definition) is 6. The largest absolute Gasteiger partial charge is 0.565 e. The van der Waals surface area contributed by atoms with Crippen LogP contribution in [0.25, 0.3) is 0 Å². The van der Waals surface area contributed by atoms with E-state index in [4.69, 9.17) is 33.1 Å². The van der Waals surface area contributed by atoms with Crippen molar-refractivity contribution in [2.45, 2.75) is 0 Å². The molecule has 0 spiro atoms. The molecular weight excluding hydrogens is 727 g/mol. The van der Waals surface area contributed by atoms with Crippen LogP contribution in [0, 0.1) is 0 Å². The van der Waals surface area contributed by atoms with E-state index in [0.29, 0.717) is 0 Å². The summed E-state index contributed by atoms with van der Waals surface area (Å²) >= 11 is 0. The first-order valence-corrected chi connectivity index (χ1v) is 23.4. The first-order valence-electron chi connectivity index (χ1n) is 15.4. The summed E-state index contributed by atoms with van der Waals surface area (Å²) in [6.07, 6.45) is -2.08. The maximum atomic E-state index is 8.44. The lowest BCUT2D eigenvalue weighted by Crippen LogP contribution is -2.33. The van der Waals surface area contributed by atoms with Gasteiger partial charge in [0.25, 0.3) is 0 Å². The van der Waals surface area contributed by atoms with Crippen molar-refractivity contribution in [3.05, 3.63) is 0 Å². The second kappa shape index (κ2) is 20.0. The summed E-state index contributed by atoms with van der Waals surface area (Å²) in [4.78, 5) is 8.44. The Morgan fingerprint density at radius 1 is 0.367 bits per heavy atom. The molecule has 24 heteroatoms. The summed E-state index contributed by atoms with van der Waals surface area (Å²) in [5.74, 6) is 0. The maximum absolute atomic E-state index is 8.44. The van der Waals surface area contributed by atoms with Crippen LogP contribution in [0.1, 0.15) is 0 Å². The minimum Gasteiger partial charge on any atom is -0.565 e. The van der Waals surface area contributed by atoms with E-state index >= 15 is 0 Å². The van der Waals surface area contributed by atoms with E-state index in [2.05, 4.69) is 225 Å². The van der Waals surface area contributed by atoms with Gasteiger partial charge in [-0.25, -0.2) is 56.0 Å². The van der Waals surface area contributed by atoms with Crippen LogP contribution >= 0.6 is 37.9 Å². The second-order valence-electron chi connectivity index (χ2n) is 13.5. The number of rotatable bonds is 16. The Kier molecular flexibility index (Phi) is 20.9. The molecule has 296 valence electrons. The Hall–Kier alpha value is 0.140. The van der Waals surface area contributed by atoms with Gasteiger partial charge in [0.05, 0.1) is 0 Å². The van der Waals surface area contributed by atoms with Gasteiger partial charge in [-0.15, -0.1) is 0 Å². The van der Waals surface area contributed by atoms with Crippen molar-refractivity contribution in [3.63, 3.8) is 0 Å². The fourth-order valence-electron chi connectivity index (χ4n) is 6.00. The molecule has 0 unspecified atom stereocenters. The molecule has 0 aromatic carbocycles. The van der Waals surface area contributed by atoms with E-state index < -0.39 is 44.0 Å². The van der Waals surface area contributed by atoms with E-state index in [9.17, 15) is 0 Å². The molecule has 0 aromatic heterocycles. The first kappa shape index (κ1) is 51.2. The van der Waals surface area contributed by atoms with Gasteiger partial charge in [-0.2, -0.15) is 0 Å². The van der Waals surface area contributed by atoms with Gasteiger partial charge in [-0.05, 0) is 187 Å². The minimum atomic E-state index is -3.43. The van der Waals surface area contributed by atoms with E-state index in [1.54, 1.807) is 0 Å². The fourth-order valence-corrected chi connectivity index (χ4v) is 30.2. The molecule has 1 N–H and O–H groups in total. The SMILES string of the molecule is CN(C)P(=N[P+](N=P(N(C)C)(N(C)C)N(C)C)(N=P(N(C)C)(N(C)C)N(C)C)N=P(N(C)C)(N(C)C)N(C)C)(N(C)C)N(C)C.O=C([O-])O. The monoisotopic (exact) mass is 800 g/mol. The molecule has 0 fully saturated rings. The first-order chi connectivity index (χ1) is 21.9. The molecule has 0 aromatic rings. The van der Waals surface area contributed by atoms with Crippen molar-refractivity contribution in [2.75, 3.05) is 169 Å². The molecule has 19 nitrogen and oxygen atoms in total. The molecule has 0 aliphatic carbocycles. The molecule has 49 heavy (non-hydrogen) atoms. The van der Waals surface area contributed by atoms with E-state index in [0.717, 1.165) is 0 Å². The highest BCUT2D eigenvalue weighted by molar-refractivity contribution is 7.87. The van der Waals surface area contributed by atoms with Crippen LogP contribution in [-0.2, 0) is 0 Å². The minimum absolute atomic E-state index is 2.08. The highest BCUT2D eigenvalue weighted by Crippen LogP contribution is 2.86. The van der Waals surface area contributed by atoms with E-state index in [1.165, 1.54) is 0 Å². The predicted molar refractivity (Wildman–Crippen MR) is 217 cm³/mol. The molecule has 0 heterocycles. The van der Waals surface area contributed by atoms with Crippen molar-refractivity contribution in [3.8, 4) is 0 Å². The van der Waals surface area contributed by atoms with Crippen LogP contribution in [0.2, 0.25) is 0 Å². The Labute approximate surface area is 301 Å². The second-order valence-corrected chi connectivity index (χ2v) is 31.3. The quantitative estimate of drug-likeness (QED) is 0.224. The van der Waals surface area contributed by atoms with E-state index in [-0.39, 0.29) is 0 Å². The zero-order valence-electron chi connectivity index (χ0n) is 35.2. The van der Waals surface area contributed by atoms with Crippen molar-refractivity contribution in [1.82, 2.24) is 56.0 Å². The van der Waals surface area contributed by atoms with Crippen molar-refractivity contribution in [2.24, 2.45) is 18.1 Å². The van der Waals surface area contributed by atoms with Gasteiger partial charge in [-0.3, -0.25) is 0 Å². The third-order valence-corrected chi connectivity index (χ3v) is 28.0. The van der Waals surface area contributed by atoms with Gasteiger partial charge in [-0.1, -0.05) is 0 Å². The summed E-state index contributed by atoms with van der Waals surface area (Å²) in [5.41, 5.74) is 0. The Morgan fingerprint density at radius 2 is 0.449 bits per heavy atom. The van der Waals surface area contributed by atoms with Crippen LogP contribution < -0.4 is 5.11 Å². The van der Waals surface area contributed by atoms with Gasteiger partial charge < -0.3 is 15.0 Å². The van der Waals surface area contributed by atoms with E-state index in [1.807, 2.05) is 0 Å². The van der Waals surface area contributed by atoms with Gasteiger partial charge in [0, 0.05) is 0 Å². The van der Waals surface area contributed by atoms with Crippen LogP contribution in [0.4, 0.5) is 4.79 Å². The molecule has 0 aliphatic heterocycles. The van der Waals surface area contributed by atoms with Gasteiger partial charge in [0.1, 0.15) is 0 Å². The number of nitrogens with zero attached hydrogens (tertiary/aromatic N) is 16. The topological polar surface area (TPSA) is 149 Å². The molecule has 0 amide bonds. The van der Waals surface area contributed by atoms with Crippen molar-refractivity contribution >= 4 is 44.0 Å². The number of carboxylic acid groups (broad SMARTS) is 2. The summed E-state index contributed by atoms with van der Waals surface area (Å²) in [5, 5.41) is 15.3. The summed E-state index contributed by atoms with van der Waals surface area (Å²) < 4.78 is 51.2. The Bertz CT molecular complexity index is 981. The summed E-state index contributed by atoms with van der Waals surface area (Å²) in [6.45, 7) is 0. The smallest absolute Gasteiger partial charge is 0.502 e. The number of hydrogen-bond donors (Lipinski definition) is 1. The standard InChI is InChI=1S/C24H72N16P5.CH2O3/c1-29(2)42(30(3)4,31(5)6)25-41(26-43(32(7)8,33(9)10)34(11)12,27-44(35(13)14,36(15)16)37(17)18)28-45(38(19)20,39(21)22)40(23)24;2-1(3)4/h1-24H3;(H2,2,3,4)/q+1;/p-1. The average molecular weight is 801 g/mol. The van der Waals surface area contributed by atoms with Crippen LogP contribution in [0.3, 0.4) is 0 Å². The van der Waals surface area contributed by atoms with Crippen LogP contribution in [-0.4, -0.2) is 236 Å². The maximum Gasteiger partial charge on any atom is 0.502 e. The summed E-state index contributed by atoms with van der Waals surface area (Å²) in [6, 6.07) is 0. The third-order valence-electron chi connectivity index (χ3n) is 7.40. The van der Waals surface area contributed by atoms with Crippen molar-refractivity contribution < 1.29 is 15.0 Å². The number of carbonyl (C=O) groups is 1. The fraction of sp³-hybridized carbons (Fsp3) is 0.960. The molecular formula is C25H73N16O3P5. The molecule has 0 saturated carbocycles. The molecule has 0 aliphatic rings. The highest BCUT2D eigenvalue weighted by atomic mass is 31.3. The highest BCUT2D eigenvalue weighted by Gasteiger charge is 2.56. The lowest BCUT2D eigenvalue weighted by Gasteiger charge is -2.44. The van der Waals surface area contributed by atoms with Gasteiger partial charge in [0.15, 0.2) is 0 Å². The lowest BCUT2D eigenvalue weighted by atomic mass is 11.2. The zero-order chi connectivity index (χ0) is 39.8. The van der Waals surface area contributed by atoms with Crippen LogP contribution in [0.15, 0.2) is 18.1 Å². The lowest BCUT2D eigenvalue weighted by molar-refractivity contribution is -0.275. The Morgan fingerprint density at radius 3 is 0.510 bits per heavy atom. The molecule has 0 radical (unpaired) electrons. The average Bonchev–Trinajstić information content (AvgIpc) is 2.89. The molecule has 0 saturated heterocycles. The van der Waals surface area contributed by atoms with Crippen molar-refractivity contribution in [1.29, 1.82) is 0 Å². The molecule has 0 rings (SSSR count). The zero-order valence-corrected chi connectivity index (χ0v) is 39.6.